The van der Waals surface area contributed by atoms with Crippen molar-refractivity contribution in [1.29, 1.82) is 0 Å². The Morgan fingerprint density at radius 3 is 2.85 bits per heavy atom. The summed E-state index contributed by atoms with van der Waals surface area (Å²) >= 11 is 0. The molecular weight excluding hydrogens is 162 g/mol. The maximum Gasteiger partial charge on any atom is 0.0462 e. The first-order valence-electron chi connectivity index (χ1n) is 5.00. The molecule has 0 saturated heterocycles. The Labute approximate surface area is 82.1 Å². The third-order valence-corrected chi connectivity index (χ3v) is 1.95. The molecule has 0 rings (SSSR count). The quantitative estimate of drug-likeness (QED) is 0.458. The molecule has 1 atom stereocenters. The number of hydrogen-bond acceptors (Lipinski definition) is 2. The summed E-state index contributed by atoms with van der Waals surface area (Å²) in [6.07, 6.45) is 9.46. The molecule has 0 spiro atoms. The van der Waals surface area contributed by atoms with Gasteiger partial charge in [-0.25, -0.2) is 0 Å². The van der Waals surface area contributed by atoms with Crippen molar-refractivity contribution in [2.45, 2.75) is 38.6 Å². The van der Waals surface area contributed by atoms with Crippen molar-refractivity contribution in [3.05, 3.63) is 0 Å². The lowest BCUT2D eigenvalue weighted by Crippen LogP contribution is -2.29. The molecule has 0 radical (unpaired) electrons. The summed E-state index contributed by atoms with van der Waals surface area (Å²) in [6.45, 7) is 4.04. The monoisotopic (exact) mass is 183 g/mol. The first-order valence-corrected chi connectivity index (χ1v) is 5.00. The van der Waals surface area contributed by atoms with Gasteiger partial charge in [0.2, 0.25) is 0 Å². The van der Waals surface area contributed by atoms with Gasteiger partial charge in [0, 0.05) is 26.2 Å². The van der Waals surface area contributed by atoms with Crippen LogP contribution in [0.25, 0.3) is 0 Å². The van der Waals surface area contributed by atoms with Crippen molar-refractivity contribution in [1.82, 2.24) is 5.32 Å². The molecule has 13 heavy (non-hydrogen) atoms. The van der Waals surface area contributed by atoms with Crippen LogP contribution in [0.15, 0.2) is 0 Å². The van der Waals surface area contributed by atoms with E-state index in [2.05, 4.69) is 18.2 Å². The van der Waals surface area contributed by atoms with Gasteiger partial charge in [-0.3, -0.25) is 0 Å². The summed E-state index contributed by atoms with van der Waals surface area (Å²) in [6, 6.07) is 0.472. The number of hydrogen-bond donors (Lipinski definition) is 1. The smallest absolute Gasteiger partial charge is 0.0462 e. The summed E-state index contributed by atoms with van der Waals surface area (Å²) < 4.78 is 5.00. The molecular formula is C11H21NO. The highest BCUT2D eigenvalue weighted by molar-refractivity contribution is 4.89. The van der Waals surface area contributed by atoms with Gasteiger partial charge in [0.1, 0.15) is 0 Å². The molecule has 1 unspecified atom stereocenters. The normalized spacial score (nSPS) is 12.4. The van der Waals surface area contributed by atoms with Gasteiger partial charge in [-0.2, -0.15) is 0 Å². The van der Waals surface area contributed by atoms with Crippen LogP contribution in [-0.2, 0) is 4.74 Å². The average molecular weight is 183 g/mol. The Morgan fingerprint density at radius 1 is 1.54 bits per heavy atom. The second kappa shape index (κ2) is 9.57. The van der Waals surface area contributed by atoms with Crippen LogP contribution in [0.3, 0.4) is 0 Å². The van der Waals surface area contributed by atoms with Gasteiger partial charge in [0.05, 0.1) is 0 Å². The van der Waals surface area contributed by atoms with Crippen LogP contribution < -0.4 is 5.32 Å². The van der Waals surface area contributed by atoms with Gasteiger partial charge in [0.25, 0.3) is 0 Å². The molecule has 2 heteroatoms. The van der Waals surface area contributed by atoms with Crippen molar-refractivity contribution >= 4 is 0 Å². The number of nitrogens with one attached hydrogen (secondary N) is 1. The molecule has 0 aliphatic heterocycles. The van der Waals surface area contributed by atoms with E-state index in [0.717, 1.165) is 38.8 Å². The van der Waals surface area contributed by atoms with Crippen molar-refractivity contribution < 1.29 is 4.74 Å². The van der Waals surface area contributed by atoms with Crippen molar-refractivity contribution in [3.63, 3.8) is 0 Å². The van der Waals surface area contributed by atoms with Crippen LogP contribution in [0.2, 0.25) is 0 Å². The van der Waals surface area contributed by atoms with Crippen LogP contribution in [-0.4, -0.2) is 26.3 Å². The van der Waals surface area contributed by atoms with E-state index in [9.17, 15) is 0 Å². The highest BCUT2D eigenvalue weighted by atomic mass is 16.5. The van der Waals surface area contributed by atoms with E-state index in [-0.39, 0.29) is 0 Å². The zero-order valence-electron chi connectivity index (χ0n) is 8.81. The number of rotatable bonds is 8. The number of ether oxygens (including phenoxy) is 1. The zero-order valence-corrected chi connectivity index (χ0v) is 8.81. The highest BCUT2D eigenvalue weighted by Gasteiger charge is 2.04. The average Bonchev–Trinajstić information content (AvgIpc) is 2.14. The lowest BCUT2D eigenvalue weighted by atomic mass is 10.1. The van der Waals surface area contributed by atoms with E-state index in [4.69, 9.17) is 11.2 Å². The lowest BCUT2D eigenvalue weighted by molar-refractivity contribution is 0.189. The first-order chi connectivity index (χ1) is 6.35. The molecule has 0 aliphatic rings. The Kier molecular flexibility index (Phi) is 9.18. The molecule has 0 fully saturated rings. The molecule has 0 aromatic heterocycles. The highest BCUT2D eigenvalue weighted by Crippen LogP contribution is 2.01. The van der Waals surface area contributed by atoms with Crippen LogP contribution in [0.1, 0.15) is 32.6 Å². The van der Waals surface area contributed by atoms with E-state index >= 15 is 0 Å². The van der Waals surface area contributed by atoms with Crippen LogP contribution in [0, 0.1) is 12.3 Å². The zero-order chi connectivity index (χ0) is 9.94. The van der Waals surface area contributed by atoms with Crippen molar-refractivity contribution in [2.75, 3.05) is 20.3 Å². The van der Waals surface area contributed by atoms with Gasteiger partial charge < -0.3 is 10.1 Å². The predicted molar refractivity (Wildman–Crippen MR) is 56.6 cm³/mol. The number of terminal acetylenes is 1. The Balaban J connectivity index is 3.48. The topological polar surface area (TPSA) is 21.3 Å². The van der Waals surface area contributed by atoms with E-state index in [1.807, 2.05) is 0 Å². The lowest BCUT2D eigenvalue weighted by Gasteiger charge is -2.15. The van der Waals surface area contributed by atoms with Gasteiger partial charge in [-0.15, -0.1) is 12.3 Å². The molecule has 0 saturated carbocycles. The fourth-order valence-electron chi connectivity index (χ4n) is 1.24. The molecule has 0 heterocycles. The third-order valence-electron chi connectivity index (χ3n) is 1.95. The van der Waals surface area contributed by atoms with Crippen LogP contribution in [0.5, 0.6) is 0 Å². The van der Waals surface area contributed by atoms with Crippen LogP contribution in [0.4, 0.5) is 0 Å². The van der Waals surface area contributed by atoms with Crippen LogP contribution >= 0.6 is 0 Å². The minimum atomic E-state index is 0.472. The van der Waals surface area contributed by atoms with Gasteiger partial charge in [-0.05, 0) is 25.8 Å². The summed E-state index contributed by atoms with van der Waals surface area (Å²) in [5.41, 5.74) is 0. The largest absolute Gasteiger partial charge is 0.385 e. The second-order valence-electron chi connectivity index (χ2n) is 3.19. The van der Waals surface area contributed by atoms with E-state index in [0.29, 0.717) is 6.04 Å². The molecule has 2 nitrogen and oxygen atoms in total. The molecule has 0 amide bonds. The summed E-state index contributed by atoms with van der Waals surface area (Å²) in [5.74, 6) is 2.70. The fraction of sp³-hybridized carbons (Fsp3) is 0.818. The summed E-state index contributed by atoms with van der Waals surface area (Å²) in [7, 11) is 1.73. The number of methoxy groups -OCH3 is 1. The van der Waals surface area contributed by atoms with Crippen molar-refractivity contribution in [3.8, 4) is 12.3 Å². The van der Waals surface area contributed by atoms with Crippen molar-refractivity contribution in [2.24, 2.45) is 0 Å². The predicted octanol–water partition coefficient (Wildman–Crippen LogP) is 1.80. The van der Waals surface area contributed by atoms with E-state index in [1.54, 1.807) is 7.11 Å². The van der Waals surface area contributed by atoms with E-state index in [1.165, 1.54) is 0 Å². The fourth-order valence-corrected chi connectivity index (χ4v) is 1.24. The molecule has 1 N–H and O–H groups in total. The first kappa shape index (κ1) is 12.5. The molecule has 0 aromatic rings. The molecule has 0 bridgehead atoms. The minimum absolute atomic E-state index is 0.472. The van der Waals surface area contributed by atoms with Gasteiger partial charge in [-0.1, -0.05) is 6.92 Å². The summed E-state index contributed by atoms with van der Waals surface area (Å²) in [4.78, 5) is 0. The molecule has 76 valence electrons. The molecule has 0 aliphatic carbocycles. The van der Waals surface area contributed by atoms with Gasteiger partial charge in [0.15, 0.2) is 0 Å². The van der Waals surface area contributed by atoms with Gasteiger partial charge >= 0.3 is 0 Å². The SMILES string of the molecule is C#CCC(CCCOC)NCCC. The third kappa shape index (κ3) is 7.83. The maximum absolute atomic E-state index is 5.28. The standard InChI is InChI=1S/C11H21NO/c1-4-7-11(12-9-5-2)8-6-10-13-3/h1,11-12H,5-10H2,2-3H3. The second-order valence-corrected chi connectivity index (χ2v) is 3.19. The Bertz CT molecular complexity index is 140. The maximum atomic E-state index is 5.28. The van der Waals surface area contributed by atoms with E-state index < -0.39 is 0 Å². The Morgan fingerprint density at radius 2 is 2.31 bits per heavy atom. The molecule has 0 aromatic carbocycles. The minimum Gasteiger partial charge on any atom is -0.385 e. The summed E-state index contributed by atoms with van der Waals surface area (Å²) in [5, 5.41) is 3.43. The Hall–Kier alpha value is -0.520.